The summed E-state index contributed by atoms with van der Waals surface area (Å²) in [6, 6.07) is 10.3. The SMILES string of the molecule is CC(C)(CS)Cn1cc(-c2ccccc2)cn1. The zero-order chi connectivity index (χ0) is 12.3. The van der Waals surface area contributed by atoms with Crippen molar-refractivity contribution >= 4 is 12.6 Å². The molecule has 2 aromatic rings. The minimum Gasteiger partial charge on any atom is -0.272 e. The van der Waals surface area contributed by atoms with Gasteiger partial charge in [0, 0.05) is 18.3 Å². The molecule has 17 heavy (non-hydrogen) atoms. The molecular weight excluding hydrogens is 228 g/mol. The van der Waals surface area contributed by atoms with Crippen LogP contribution in [0.15, 0.2) is 42.7 Å². The molecule has 0 fully saturated rings. The molecule has 1 heterocycles. The summed E-state index contributed by atoms with van der Waals surface area (Å²) in [6.45, 7) is 5.29. The predicted molar refractivity (Wildman–Crippen MR) is 75.3 cm³/mol. The van der Waals surface area contributed by atoms with E-state index in [0.717, 1.165) is 12.3 Å². The third-order valence-electron chi connectivity index (χ3n) is 2.76. The molecule has 0 bridgehead atoms. The zero-order valence-corrected chi connectivity index (χ0v) is 11.2. The lowest BCUT2D eigenvalue weighted by Gasteiger charge is -2.21. The van der Waals surface area contributed by atoms with Crippen LogP contribution in [0.4, 0.5) is 0 Å². The normalized spacial score (nSPS) is 11.7. The van der Waals surface area contributed by atoms with Crippen molar-refractivity contribution in [1.82, 2.24) is 9.78 Å². The molecule has 0 amide bonds. The first kappa shape index (κ1) is 12.2. The van der Waals surface area contributed by atoms with Crippen LogP contribution in [0.25, 0.3) is 11.1 Å². The number of nitrogens with zero attached hydrogens (tertiary/aromatic N) is 2. The summed E-state index contributed by atoms with van der Waals surface area (Å²) in [4.78, 5) is 0. The monoisotopic (exact) mass is 246 g/mol. The van der Waals surface area contributed by atoms with Crippen molar-refractivity contribution < 1.29 is 0 Å². The van der Waals surface area contributed by atoms with Crippen molar-refractivity contribution in [1.29, 1.82) is 0 Å². The summed E-state index contributed by atoms with van der Waals surface area (Å²) in [5.41, 5.74) is 2.55. The van der Waals surface area contributed by atoms with Crippen molar-refractivity contribution in [2.45, 2.75) is 20.4 Å². The van der Waals surface area contributed by atoms with Crippen LogP contribution in [0.5, 0.6) is 0 Å². The second-order valence-electron chi connectivity index (χ2n) is 5.11. The first-order valence-corrected chi connectivity index (χ1v) is 6.43. The Balaban J connectivity index is 2.17. The van der Waals surface area contributed by atoms with Gasteiger partial charge in [0.05, 0.1) is 6.20 Å². The molecule has 0 unspecified atom stereocenters. The van der Waals surface area contributed by atoms with E-state index in [1.807, 2.05) is 29.1 Å². The van der Waals surface area contributed by atoms with Gasteiger partial charge in [-0.3, -0.25) is 4.68 Å². The van der Waals surface area contributed by atoms with E-state index in [9.17, 15) is 0 Å². The lowest BCUT2D eigenvalue weighted by Crippen LogP contribution is -2.21. The molecule has 0 spiro atoms. The maximum absolute atomic E-state index is 4.41. The Hall–Kier alpha value is -1.22. The van der Waals surface area contributed by atoms with Gasteiger partial charge in [0.1, 0.15) is 0 Å². The maximum atomic E-state index is 4.41. The van der Waals surface area contributed by atoms with Gasteiger partial charge in [0.25, 0.3) is 0 Å². The van der Waals surface area contributed by atoms with Crippen LogP contribution < -0.4 is 0 Å². The minimum atomic E-state index is 0.170. The van der Waals surface area contributed by atoms with Crippen LogP contribution in [-0.4, -0.2) is 15.5 Å². The molecule has 0 aliphatic carbocycles. The van der Waals surface area contributed by atoms with E-state index in [4.69, 9.17) is 0 Å². The molecule has 0 saturated heterocycles. The zero-order valence-electron chi connectivity index (χ0n) is 10.3. The molecule has 0 N–H and O–H groups in total. The third-order valence-corrected chi connectivity index (χ3v) is 3.61. The van der Waals surface area contributed by atoms with E-state index >= 15 is 0 Å². The fourth-order valence-corrected chi connectivity index (χ4v) is 1.82. The Bertz CT molecular complexity index is 474. The molecule has 3 heteroatoms. The first-order chi connectivity index (χ1) is 8.11. The fraction of sp³-hybridized carbons (Fsp3) is 0.357. The Morgan fingerprint density at radius 3 is 2.53 bits per heavy atom. The van der Waals surface area contributed by atoms with Crippen molar-refractivity contribution in [3.63, 3.8) is 0 Å². The molecule has 1 aromatic carbocycles. The molecule has 0 aliphatic heterocycles. The molecule has 2 rings (SSSR count). The second-order valence-corrected chi connectivity index (χ2v) is 5.43. The summed E-state index contributed by atoms with van der Waals surface area (Å²) in [7, 11) is 0. The minimum absolute atomic E-state index is 0.170. The van der Waals surface area contributed by atoms with Gasteiger partial charge in [-0.2, -0.15) is 17.7 Å². The third kappa shape index (κ3) is 3.13. The van der Waals surface area contributed by atoms with Gasteiger partial charge in [0.2, 0.25) is 0 Å². The van der Waals surface area contributed by atoms with Gasteiger partial charge in [-0.05, 0) is 16.7 Å². The Labute approximate surface area is 108 Å². The lowest BCUT2D eigenvalue weighted by molar-refractivity contribution is 0.334. The van der Waals surface area contributed by atoms with Gasteiger partial charge < -0.3 is 0 Å². The van der Waals surface area contributed by atoms with Gasteiger partial charge in [-0.25, -0.2) is 0 Å². The molecule has 0 atom stereocenters. The van der Waals surface area contributed by atoms with Crippen molar-refractivity contribution in [2.75, 3.05) is 5.75 Å². The van der Waals surface area contributed by atoms with Crippen LogP contribution in [0.2, 0.25) is 0 Å². The molecule has 1 aromatic heterocycles. The Morgan fingerprint density at radius 1 is 1.18 bits per heavy atom. The van der Waals surface area contributed by atoms with Crippen LogP contribution in [0, 0.1) is 5.41 Å². The van der Waals surface area contributed by atoms with E-state index in [1.165, 1.54) is 11.1 Å². The molecule has 0 saturated carbocycles. The maximum Gasteiger partial charge on any atom is 0.0568 e. The van der Waals surface area contributed by atoms with Gasteiger partial charge in [-0.15, -0.1) is 0 Å². The quantitative estimate of drug-likeness (QED) is 0.817. The second kappa shape index (κ2) is 4.96. The first-order valence-electron chi connectivity index (χ1n) is 5.79. The van der Waals surface area contributed by atoms with Gasteiger partial charge in [-0.1, -0.05) is 44.2 Å². The number of rotatable bonds is 4. The van der Waals surface area contributed by atoms with Crippen LogP contribution >= 0.6 is 12.6 Å². The molecular formula is C14H18N2S. The highest BCUT2D eigenvalue weighted by atomic mass is 32.1. The van der Waals surface area contributed by atoms with E-state index < -0.39 is 0 Å². The van der Waals surface area contributed by atoms with Crippen molar-refractivity contribution in [3.8, 4) is 11.1 Å². The highest BCUT2D eigenvalue weighted by molar-refractivity contribution is 7.80. The van der Waals surface area contributed by atoms with Crippen molar-refractivity contribution in [3.05, 3.63) is 42.7 Å². The number of thiol groups is 1. The average molecular weight is 246 g/mol. The van der Waals surface area contributed by atoms with E-state index in [1.54, 1.807) is 0 Å². The Morgan fingerprint density at radius 2 is 1.88 bits per heavy atom. The molecule has 0 aliphatic rings. The number of aromatic nitrogens is 2. The molecule has 0 radical (unpaired) electrons. The molecule has 90 valence electrons. The average Bonchev–Trinajstić information content (AvgIpc) is 2.78. The highest BCUT2D eigenvalue weighted by Crippen LogP contribution is 2.22. The lowest BCUT2D eigenvalue weighted by atomic mass is 9.97. The summed E-state index contributed by atoms with van der Waals surface area (Å²) in [5.74, 6) is 0.855. The Kier molecular flexibility index (Phi) is 3.57. The highest BCUT2D eigenvalue weighted by Gasteiger charge is 2.17. The van der Waals surface area contributed by atoms with Crippen LogP contribution in [0.1, 0.15) is 13.8 Å². The van der Waals surface area contributed by atoms with E-state index in [0.29, 0.717) is 0 Å². The van der Waals surface area contributed by atoms with E-state index in [2.05, 4.69) is 49.9 Å². The molecule has 2 nitrogen and oxygen atoms in total. The number of hydrogen-bond acceptors (Lipinski definition) is 2. The van der Waals surface area contributed by atoms with E-state index in [-0.39, 0.29) is 5.41 Å². The van der Waals surface area contributed by atoms with Crippen LogP contribution in [0.3, 0.4) is 0 Å². The topological polar surface area (TPSA) is 17.8 Å². The summed E-state index contributed by atoms with van der Waals surface area (Å²) >= 11 is 4.37. The standard InChI is InChI=1S/C14H18N2S/c1-14(2,11-17)10-16-9-13(8-15-16)12-6-4-3-5-7-12/h3-9,17H,10-11H2,1-2H3. The smallest absolute Gasteiger partial charge is 0.0568 e. The van der Waals surface area contributed by atoms with Gasteiger partial charge in [0.15, 0.2) is 0 Å². The fourth-order valence-electron chi connectivity index (χ4n) is 1.72. The summed E-state index contributed by atoms with van der Waals surface area (Å²) in [5, 5.41) is 4.41. The van der Waals surface area contributed by atoms with Crippen molar-refractivity contribution in [2.24, 2.45) is 5.41 Å². The number of hydrogen-bond donors (Lipinski definition) is 1. The van der Waals surface area contributed by atoms with Gasteiger partial charge >= 0.3 is 0 Å². The largest absolute Gasteiger partial charge is 0.272 e. The number of benzene rings is 1. The van der Waals surface area contributed by atoms with Crippen LogP contribution in [-0.2, 0) is 6.54 Å². The summed E-state index contributed by atoms with van der Waals surface area (Å²) in [6.07, 6.45) is 4.02. The predicted octanol–water partition coefficient (Wildman–Crippen LogP) is 3.51. The summed E-state index contributed by atoms with van der Waals surface area (Å²) < 4.78 is 2.00.